The van der Waals surface area contributed by atoms with Crippen LogP contribution in [0.15, 0.2) is 29.4 Å². The molecule has 2 heterocycles. The zero-order valence-electron chi connectivity index (χ0n) is 14.8. The second kappa shape index (κ2) is 7.56. The monoisotopic (exact) mass is 362 g/mol. The first-order chi connectivity index (χ1) is 12.0. The molecule has 1 amide bonds. The maximum absolute atomic E-state index is 13.1. The molecule has 0 N–H and O–H groups in total. The first-order valence-corrected chi connectivity index (χ1v) is 9.44. The lowest BCUT2D eigenvalue weighted by Gasteiger charge is -2.31. The third kappa shape index (κ3) is 4.03. The number of amides is 1. The molecule has 0 bridgehead atoms. The van der Waals surface area contributed by atoms with E-state index in [2.05, 4.69) is 17.1 Å². The summed E-state index contributed by atoms with van der Waals surface area (Å²) in [6.45, 7) is 5.82. The van der Waals surface area contributed by atoms with E-state index >= 15 is 0 Å². The van der Waals surface area contributed by atoms with Gasteiger partial charge in [-0.25, -0.2) is 4.39 Å². The van der Waals surface area contributed by atoms with E-state index in [1.807, 2.05) is 23.4 Å². The van der Waals surface area contributed by atoms with Crippen LogP contribution in [0.3, 0.4) is 0 Å². The summed E-state index contributed by atoms with van der Waals surface area (Å²) in [5.41, 5.74) is 0.798. The largest absolute Gasteiger partial charge is 0.342 e. The Labute approximate surface area is 151 Å². The summed E-state index contributed by atoms with van der Waals surface area (Å²) in [7, 11) is 1.86. The number of carbonyl (C=O) groups excluding carboxylic acids is 1. The summed E-state index contributed by atoms with van der Waals surface area (Å²) >= 11 is 1.42. The number of piperidine rings is 1. The summed E-state index contributed by atoms with van der Waals surface area (Å²) in [6, 6.07) is 6.16. The molecular formula is C18H23FN4OS. The van der Waals surface area contributed by atoms with Crippen LogP contribution >= 0.6 is 11.8 Å². The molecule has 134 valence electrons. The van der Waals surface area contributed by atoms with Crippen LogP contribution in [0.1, 0.15) is 26.7 Å². The molecule has 1 atom stereocenters. The van der Waals surface area contributed by atoms with Crippen LogP contribution in [0, 0.1) is 11.7 Å². The number of rotatable bonds is 4. The first-order valence-electron chi connectivity index (χ1n) is 8.56. The van der Waals surface area contributed by atoms with Gasteiger partial charge in [0.1, 0.15) is 5.82 Å². The predicted molar refractivity (Wildman–Crippen MR) is 96.7 cm³/mol. The number of thioether (sulfide) groups is 1. The van der Waals surface area contributed by atoms with E-state index in [4.69, 9.17) is 0 Å². The molecule has 1 fully saturated rings. The minimum Gasteiger partial charge on any atom is -0.342 e. The summed E-state index contributed by atoms with van der Waals surface area (Å²) in [5.74, 6) is 1.23. The number of carbonyl (C=O) groups is 1. The smallest absolute Gasteiger partial charge is 0.235 e. The van der Waals surface area contributed by atoms with Gasteiger partial charge in [-0.1, -0.05) is 18.7 Å². The van der Waals surface area contributed by atoms with Gasteiger partial charge in [0.2, 0.25) is 5.91 Å². The molecule has 1 aliphatic rings. The van der Waals surface area contributed by atoms with Gasteiger partial charge in [0.05, 0.1) is 5.25 Å². The molecule has 5 nitrogen and oxygen atoms in total. The van der Waals surface area contributed by atoms with Gasteiger partial charge in [0, 0.05) is 25.7 Å². The molecule has 0 radical (unpaired) electrons. The Morgan fingerprint density at radius 1 is 1.24 bits per heavy atom. The number of nitrogens with zero attached hydrogens (tertiary/aromatic N) is 4. The Hall–Kier alpha value is -1.89. The van der Waals surface area contributed by atoms with Crippen molar-refractivity contribution in [2.24, 2.45) is 13.0 Å². The molecule has 0 saturated carbocycles. The zero-order valence-corrected chi connectivity index (χ0v) is 15.6. The summed E-state index contributed by atoms with van der Waals surface area (Å²) in [6.07, 6.45) is 2.14. The van der Waals surface area contributed by atoms with Gasteiger partial charge in [-0.15, -0.1) is 10.2 Å². The molecule has 3 rings (SSSR count). The highest BCUT2D eigenvalue weighted by atomic mass is 32.2. The van der Waals surface area contributed by atoms with Gasteiger partial charge in [0.15, 0.2) is 11.0 Å². The highest BCUT2D eigenvalue weighted by Gasteiger charge is 2.26. The summed E-state index contributed by atoms with van der Waals surface area (Å²) in [5, 5.41) is 8.88. The predicted octanol–water partition coefficient (Wildman–Crippen LogP) is 3.36. The van der Waals surface area contributed by atoms with Gasteiger partial charge in [-0.2, -0.15) is 0 Å². The molecular weight excluding hydrogens is 339 g/mol. The molecule has 0 aliphatic carbocycles. The van der Waals surface area contributed by atoms with Crippen molar-refractivity contribution in [1.82, 2.24) is 19.7 Å². The van der Waals surface area contributed by atoms with Crippen LogP contribution in [-0.4, -0.2) is 43.9 Å². The Morgan fingerprint density at radius 2 is 1.88 bits per heavy atom. The Bertz CT molecular complexity index is 738. The second-order valence-corrected chi connectivity index (χ2v) is 7.95. The lowest BCUT2D eigenvalue weighted by atomic mass is 9.99. The van der Waals surface area contributed by atoms with Crippen LogP contribution < -0.4 is 0 Å². The Balaban J connectivity index is 1.68. The van der Waals surface area contributed by atoms with Crippen LogP contribution in [0.5, 0.6) is 0 Å². The lowest BCUT2D eigenvalue weighted by Crippen LogP contribution is -2.41. The van der Waals surface area contributed by atoms with Crippen molar-refractivity contribution in [3.05, 3.63) is 30.1 Å². The number of hydrogen-bond acceptors (Lipinski definition) is 4. The van der Waals surface area contributed by atoms with E-state index in [9.17, 15) is 9.18 Å². The molecule has 7 heteroatoms. The highest BCUT2D eigenvalue weighted by molar-refractivity contribution is 8.00. The van der Waals surface area contributed by atoms with Crippen molar-refractivity contribution in [2.75, 3.05) is 13.1 Å². The normalized spacial score (nSPS) is 16.9. The van der Waals surface area contributed by atoms with Gasteiger partial charge in [-0.05, 0) is 49.9 Å². The quantitative estimate of drug-likeness (QED) is 0.783. The standard InChI is InChI=1S/C18H23FN4OS/c1-12-8-10-23(11-9-12)17(24)13(2)25-18-21-20-16(22(18)3)14-4-6-15(19)7-5-14/h4-7,12-13H,8-11H2,1-3H3. The molecule has 1 saturated heterocycles. The van der Waals surface area contributed by atoms with E-state index < -0.39 is 0 Å². The Kier molecular flexibility index (Phi) is 5.42. The zero-order chi connectivity index (χ0) is 18.0. The molecule has 0 spiro atoms. The van der Waals surface area contributed by atoms with Crippen molar-refractivity contribution >= 4 is 17.7 Å². The third-order valence-corrected chi connectivity index (χ3v) is 5.78. The maximum Gasteiger partial charge on any atom is 0.235 e. The number of likely N-dealkylation sites (tertiary alicyclic amines) is 1. The van der Waals surface area contributed by atoms with Gasteiger partial charge >= 0.3 is 0 Å². The SMILES string of the molecule is CC1CCN(C(=O)C(C)Sc2nnc(-c3ccc(F)cc3)n2C)CC1. The fourth-order valence-corrected chi connectivity index (χ4v) is 3.86. The van der Waals surface area contributed by atoms with Crippen molar-refractivity contribution < 1.29 is 9.18 Å². The molecule has 1 aliphatic heterocycles. The van der Waals surface area contributed by atoms with Crippen molar-refractivity contribution in [2.45, 2.75) is 37.1 Å². The van der Waals surface area contributed by atoms with Crippen LogP contribution in [-0.2, 0) is 11.8 Å². The summed E-state index contributed by atoms with van der Waals surface area (Å²) in [4.78, 5) is 14.6. The summed E-state index contributed by atoms with van der Waals surface area (Å²) < 4.78 is 14.9. The molecule has 25 heavy (non-hydrogen) atoms. The highest BCUT2D eigenvalue weighted by Crippen LogP contribution is 2.27. The fraction of sp³-hybridized carbons (Fsp3) is 0.500. The van der Waals surface area contributed by atoms with E-state index in [1.54, 1.807) is 12.1 Å². The fourth-order valence-electron chi connectivity index (χ4n) is 2.96. The Morgan fingerprint density at radius 3 is 2.52 bits per heavy atom. The van der Waals surface area contributed by atoms with Gasteiger partial charge < -0.3 is 9.47 Å². The number of benzene rings is 1. The van der Waals surface area contributed by atoms with E-state index in [1.165, 1.54) is 23.9 Å². The van der Waals surface area contributed by atoms with E-state index in [0.717, 1.165) is 31.5 Å². The maximum atomic E-state index is 13.1. The van der Waals surface area contributed by atoms with E-state index in [-0.39, 0.29) is 17.0 Å². The van der Waals surface area contributed by atoms with Crippen molar-refractivity contribution in [3.63, 3.8) is 0 Å². The molecule has 1 aromatic carbocycles. The minimum absolute atomic E-state index is 0.156. The average Bonchev–Trinajstić information content (AvgIpc) is 2.96. The molecule has 2 aromatic rings. The van der Waals surface area contributed by atoms with E-state index in [0.29, 0.717) is 16.9 Å². The first kappa shape index (κ1) is 17.9. The van der Waals surface area contributed by atoms with Crippen LogP contribution in [0.2, 0.25) is 0 Å². The number of hydrogen-bond donors (Lipinski definition) is 0. The average molecular weight is 362 g/mol. The number of aromatic nitrogens is 3. The number of halogens is 1. The minimum atomic E-state index is -0.282. The van der Waals surface area contributed by atoms with Crippen molar-refractivity contribution in [1.29, 1.82) is 0 Å². The van der Waals surface area contributed by atoms with Crippen LogP contribution in [0.4, 0.5) is 4.39 Å². The van der Waals surface area contributed by atoms with Crippen molar-refractivity contribution in [3.8, 4) is 11.4 Å². The van der Waals surface area contributed by atoms with Crippen LogP contribution in [0.25, 0.3) is 11.4 Å². The second-order valence-electron chi connectivity index (χ2n) is 6.64. The van der Waals surface area contributed by atoms with Gasteiger partial charge in [-0.3, -0.25) is 4.79 Å². The lowest BCUT2D eigenvalue weighted by molar-refractivity contribution is -0.131. The topological polar surface area (TPSA) is 51.0 Å². The molecule has 1 unspecified atom stereocenters. The van der Waals surface area contributed by atoms with Gasteiger partial charge in [0.25, 0.3) is 0 Å². The third-order valence-electron chi connectivity index (χ3n) is 4.66. The molecule has 1 aromatic heterocycles.